The van der Waals surface area contributed by atoms with E-state index in [0.717, 1.165) is 21.3 Å². The van der Waals surface area contributed by atoms with Crippen LogP contribution in [0.5, 0.6) is 11.5 Å². The number of hydrazone groups is 1. The minimum Gasteiger partial charge on any atom is -0.497 e. The minimum atomic E-state index is -4.18. The molecule has 1 heterocycles. The molecule has 11 heteroatoms. The van der Waals surface area contributed by atoms with E-state index in [1.807, 2.05) is 26.8 Å². The minimum absolute atomic E-state index is 0.0119. The lowest BCUT2D eigenvalue weighted by Crippen LogP contribution is -2.39. The molecule has 0 saturated heterocycles. The number of aromatic nitrogens is 1. The molecule has 0 aliphatic carbocycles. The number of anilines is 1. The summed E-state index contributed by atoms with van der Waals surface area (Å²) in [6, 6.07) is 19.2. The summed E-state index contributed by atoms with van der Waals surface area (Å²) in [5.74, 6) is -0.384. The normalized spacial score (nSPS) is 11.5. The van der Waals surface area contributed by atoms with Crippen molar-refractivity contribution >= 4 is 27.8 Å². The van der Waals surface area contributed by atoms with Gasteiger partial charge in [-0.25, -0.2) is 18.2 Å². The lowest BCUT2D eigenvalue weighted by atomic mass is 10.2. The van der Waals surface area contributed by atoms with Gasteiger partial charge in [-0.2, -0.15) is 5.10 Å². The number of carbonyl (C=O) groups excluding carboxylic acids is 1. The molecule has 0 bridgehead atoms. The first-order chi connectivity index (χ1) is 19.6. The van der Waals surface area contributed by atoms with Gasteiger partial charge in [0.15, 0.2) is 0 Å². The fourth-order valence-electron chi connectivity index (χ4n) is 4.39. The Labute approximate surface area is 238 Å². The molecule has 9 nitrogen and oxygen atoms in total. The second-order valence-electron chi connectivity index (χ2n) is 9.27. The van der Waals surface area contributed by atoms with Crippen LogP contribution in [0, 0.1) is 26.6 Å². The van der Waals surface area contributed by atoms with Gasteiger partial charge in [0.25, 0.3) is 15.9 Å². The summed E-state index contributed by atoms with van der Waals surface area (Å²) in [6.45, 7) is 4.92. The van der Waals surface area contributed by atoms with Gasteiger partial charge in [0.2, 0.25) is 0 Å². The third-order valence-corrected chi connectivity index (χ3v) is 8.28. The standard InChI is InChI=1S/C30H31FN4O5S/c1-20-10-13-25(14-11-20)41(37,38)34(28-15-12-24(39-4)17-29(28)40-5)19-30(36)33-32-18-23-16-21(2)35(22(23)3)27-9-7-6-8-26(27)31/h6-18H,19H2,1-5H3,(H,33,36)/b32-18-. The second kappa shape index (κ2) is 12.3. The molecule has 214 valence electrons. The highest BCUT2D eigenvalue weighted by molar-refractivity contribution is 7.92. The zero-order chi connectivity index (χ0) is 29.7. The van der Waals surface area contributed by atoms with E-state index in [2.05, 4.69) is 10.5 Å². The molecular formula is C30H31FN4O5S. The molecule has 4 rings (SSSR count). The zero-order valence-corrected chi connectivity index (χ0v) is 24.2. The van der Waals surface area contributed by atoms with Crippen LogP contribution >= 0.6 is 0 Å². The number of hydrogen-bond donors (Lipinski definition) is 1. The fourth-order valence-corrected chi connectivity index (χ4v) is 5.82. The van der Waals surface area contributed by atoms with Crippen molar-refractivity contribution < 1.29 is 27.1 Å². The number of aryl methyl sites for hydroxylation is 2. The molecule has 0 spiro atoms. The number of halogens is 1. The van der Waals surface area contributed by atoms with Gasteiger partial charge < -0.3 is 14.0 Å². The molecule has 0 unspecified atom stereocenters. The van der Waals surface area contributed by atoms with Crippen molar-refractivity contribution in [2.45, 2.75) is 25.7 Å². The van der Waals surface area contributed by atoms with Crippen molar-refractivity contribution in [1.82, 2.24) is 9.99 Å². The Morgan fingerprint density at radius 2 is 1.71 bits per heavy atom. The third-order valence-electron chi connectivity index (χ3n) is 6.51. The van der Waals surface area contributed by atoms with Gasteiger partial charge in [-0.05, 0) is 63.2 Å². The van der Waals surface area contributed by atoms with E-state index >= 15 is 0 Å². The lowest BCUT2D eigenvalue weighted by Gasteiger charge is -2.25. The van der Waals surface area contributed by atoms with Gasteiger partial charge in [0, 0.05) is 23.0 Å². The number of nitrogens with one attached hydrogen (secondary N) is 1. The average Bonchev–Trinajstić information content (AvgIpc) is 3.24. The number of hydrogen-bond acceptors (Lipinski definition) is 6. The molecule has 0 radical (unpaired) electrons. The first-order valence-electron chi connectivity index (χ1n) is 12.6. The molecule has 0 atom stereocenters. The summed E-state index contributed by atoms with van der Waals surface area (Å²) < 4.78 is 55.3. The van der Waals surface area contributed by atoms with Crippen LogP contribution in [0.25, 0.3) is 5.69 Å². The number of benzene rings is 3. The van der Waals surface area contributed by atoms with Crippen LogP contribution in [0.15, 0.2) is 82.8 Å². The summed E-state index contributed by atoms with van der Waals surface area (Å²) in [5.41, 5.74) is 6.01. The Kier molecular flexibility index (Phi) is 8.77. The Hall–Kier alpha value is -4.64. The molecular weight excluding hydrogens is 547 g/mol. The van der Waals surface area contributed by atoms with E-state index in [1.165, 1.54) is 50.8 Å². The summed E-state index contributed by atoms with van der Waals surface area (Å²) in [7, 11) is -1.30. The summed E-state index contributed by atoms with van der Waals surface area (Å²) in [4.78, 5) is 13.1. The second-order valence-corrected chi connectivity index (χ2v) is 11.1. The maximum Gasteiger partial charge on any atom is 0.264 e. The quantitative estimate of drug-likeness (QED) is 0.213. The fraction of sp³-hybridized carbons (Fsp3) is 0.200. The first-order valence-corrected chi connectivity index (χ1v) is 14.1. The van der Waals surface area contributed by atoms with Crippen LogP contribution in [0.3, 0.4) is 0 Å². The van der Waals surface area contributed by atoms with Gasteiger partial charge in [0.1, 0.15) is 23.9 Å². The number of sulfonamides is 1. The van der Waals surface area contributed by atoms with Gasteiger partial charge in [0.05, 0.1) is 36.7 Å². The molecule has 4 aromatic rings. The van der Waals surface area contributed by atoms with E-state index < -0.39 is 22.5 Å². The molecule has 0 aliphatic heterocycles. The summed E-state index contributed by atoms with van der Waals surface area (Å²) >= 11 is 0. The van der Waals surface area contributed by atoms with Crippen LogP contribution < -0.4 is 19.2 Å². The Bertz CT molecular complexity index is 1700. The Morgan fingerprint density at radius 1 is 1.00 bits per heavy atom. The largest absolute Gasteiger partial charge is 0.497 e. The van der Waals surface area contributed by atoms with Gasteiger partial charge in [-0.3, -0.25) is 9.10 Å². The Morgan fingerprint density at radius 3 is 2.37 bits per heavy atom. The summed E-state index contributed by atoms with van der Waals surface area (Å²) in [5, 5.41) is 4.05. The van der Waals surface area contributed by atoms with Crippen molar-refractivity contribution in [2.24, 2.45) is 5.10 Å². The van der Waals surface area contributed by atoms with E-state index in [9.17, 15) is 17.6 Å². The number of nitrogens with zero attached hydrogens (tertiary/aromatic N) is 3. The highest BCUT2D eigenvalue weighted by atomic mass is 32.2. The van der Waals surface area contributed by atoms with E-state index in [0.29, 0.717) is 17.0 Å². The Balaban J connectivity index is 1.62. The first kappa shape index (κ1) is 29.3. The summed E-state index contributed by atoms with van der Waals surface area (Å²) in [6.07, 6.45) is 1.43. The van der Waals surface area contributed by atoms with Crippen LogP contribution in [0.4, 0.5) is 10.1 Å². The highest BCUT2D eigenvalue weighted by Crippen LogP contribution is 2.35. The van der Waals surface area contributed by atoms with E-state index in [1.54, 1.807) is 41.0 Å². The number of amides is 1. The van der Waals surface area contributed by atoms with E-state index in [-0.39, 0.29) is 22.1 Å². The molecule has 0 aliphatic rings. The third kappa shape index (κ3) is 6.25. The van der Waals surface area contributed by atoms with Crippen LogP contribution in [-0.2, 0) is 14.8 Å². The molecule has 0 saturated carbocycles. The highest BCUT2D eigenvalue weighted by Gasteiger charge is 2.29. The van der Waals surface area contributed by atoms with Crippen molar-refractivity contribution in [3.05, 3.63) is 101 Å². The van der Waals surface area contributed by atoms with Gasteiger partial charge in [-0.15, -0.1) is 0 Å². The lowest BCUT2D eigenvalue weighted by molar-refractivity contribution is -0.119. The molecule has 0 fully saturated rings. The van der Waals surface area contributed by atoms with Crippen LogP contribution in [0.1, 0.15) is 22.5 Å². The van der Waals surface area contributed by atoms with E-state index in [4.69, 9.17) is 9.47 Å². The smallest absolute Gasteiger partial charge is 0.264 e. The average molecular weight is 579 g/mol. The predicted molar refractivity (Wildman–Crippen MR) is 156 cm³/mol. The molecule has 1 N–H and O–H groups in total. The molecule has 1 amide bonds. The number of carbonyl (C=O) groups is 1. The topological polar surface area (TPSA) is 102 Å². The van der Waals surface area contributed by atoms with Crippen molar-refractivity contribution in [2.75, 3.05) is 25.1 Å². The van der Waals surface area contributed by atoms with Crippen molar-refractivity contribution in [3.8, 4) is 17.2 Å². The predicted octanol–water partition coefficient (Wildman–Crippen LogP) is 4.90. The maximum absolute atomic E-state index is 14.4. The maximum atomic E-state index is 14.4. The van der Waals surface area contributed by atoms with Crippen LogP contribution in [0.2, 0.25) is 0 Å². The number of rotatable bonds is 10. The van der Waals surface area contributed by atoms with Crippen LogP contribution in [-0.4, -0.2) is 45.9 Å². The number of ether oxygens (including phenoxy) is 2. The molecule has 41 heavy (non-hydrogen) atoms. The SMILES string of the molecule is COc1ccc(N(CC(=O)N/N=C\c2cc(C)n(-c3ccccc3F)c2C)S(=O)(=O)c2ccc(C)cc2)c(OC)c1. The molecule has 3 aromatic carbocycles. The zero-order valence-electron chi connectivity index (χ0n) is 23.4. The van der Waals surface area contributed by atoms with Gasteiger partial charge in [-0.1, -0.05) is 29.8 Å². The van der Waals surface area contributed by atoms with Gasteiger partial charge >= 0.3 is 0 Å². The number of para-hydroxylation sites is 1. The molecule has 1 aromatic heterocycles. The van der Waals surface area contributed by atoms with Crippen molar-refractivity contribution in [3.63, 3.8) is 0 Å². The number of methoxy groups -OCH3 is 2. The van der Waals surface area contributed by atoms with Crippen molar-refractivity contribution in [1.29, 1.82) is 0 Å². The monoisotopic (exact) mass is 578 g/mol.